The van der Waals surface area contributed by atoms with Gasteiger partial charge in [0.05, 0.1) is 5.56 Å². The highest BCUT2D eigenvalue weighted by Crippen LogP contribution is 2.28. The van der Waals surface area contributed by atoms with Crippen LogP contribution >= 0.6 is 0 Å². The Hall–Kier alpha value is -3.42. The predicted octanol–water partition coefficient (Wildman–Crippen LogP) is 3.37. The number of aromatic nitrogens is 3. The van der Waals surface area contributed by atoms with Crippen LogP contribution < -0.4 is 16.0 Å². The summed E-state index contributed by atoms with van der Waals surface area (Å²) >= 11 is 0. The molecule has 1 saturated carbocycles. The Labute approximate surface area is 181 Å². The minimum Gasteiger partial charge on any atom is -0.352 e. The molecule has 8 heteroatoms. The van der Waals surface area contributed by atoms with Crippen molar-refractivity contribution in [3.05, 3.63) is 53.0 Å². The van der Waals surface area contributed by atoms with E-state index in [0.717, 1.165) is 35.2 Å². The fourth-order valence-electron chi connectivity index (χ4n) is 3.39. The summed E-state index contributed by atoms with van der Waals surface area (Å²) in [7, 11) is 0. The largest absolute Gasteiger partial charge is 0.352 e. The monoisotopic (exact) mass is 420 g/mol. The molecule has 1 fully saturated rings. The first-order chi connectivity index (χ1) is 14.8. The SMILES string of the molecule is Cc1ccc(C(=O)NC2CC2)cc1Nc1ncnn2cc(C(=O)NCC(C)C)c(C)c12. The van der Waals surface area contributed by atoms with Gasteiger partial charge in [0, 0.05) is 30.0 Å². The third-order valence-corrected chi connectivity index (χ3v) is 5.41. The first kappa shape index (κ1) is 20.8. The molecule has 8 nitrogen and oxygen atoms in total. The van der Waals surface area contributed by atoms with Gasteiger partial charge in [-0.15, -0.1) is 0 Å². The second-order valence-electron chi connectivity index (χ2n) is 8.58. The predicted molar refractivity (Wildman–Crippen MR) is 120 cm³/mol. The lowest BCUT2D eigenvalue weighted by molar-refractivity contribution is 0.0941. The highest BCUT2D eigenvalue weighted by Gasteiger charge is 2.24. The number of carbonyl (C=O) groups is 2. The molecule has 0 radical (unpaired) electrons. The van der Waals surface area contributed by atoms with Crippen LogP contribution in [0.15, 0.2) is 30.7 Å². The lowest BCUT2D eigenvalue weighted by atomic mass is 10.1. The molecule has 1 aromatic carbocycles. The molecule has 162 valence electrons. The van der Waals surface area contributed by atoms with Crippen LogP contribution in [0.3, 0.4) is 0 Å². The average molecular weight is 421 g/mol. The maximum atomic E-state index is 12.6. The van der Waals surface area contributed by atoms with E-state index in [0.29, 0.717) is 35.4 Å². The van der Waals surface area contributed by atoms with Crippen LogP contribution in [0.5, 0.6) is 0 Å². The molecule has 0 atom stereocenters. The maximum absolute atomic E-state index is 12.6. The molecule has 2 aromatic heterocycles. The molecule has 0 saturated heterocycles. The molecule has 0 unspecified atom stereocenters. The van der Waals surface area contributed by atoms with Gasteiger partial charge in [0.2, 0.25) is 0 Å². The number of benzene rings is 1. The number of hydrogen-bond acceptors (Lipinski definition) is 5. The van der Waals surface area contributed by atoms with Gasteiger partial charge >= 0.3 is 0 Å². The fraction of sp³-hybridized carbons (Fsp3) is 0.391. The molecule has 1 aliphatic rings. The summed E-state index contributed by atoms with van der Waals surface area (Å²) in [6.07, 6.45) is 5.26. The normalized spacial score (nSPS) is 13.5. The van der Waals surface area contributed by atoms with E-state index in [1.807, 2.05) is 32.0 Å². The Morgan fingerprint density at radius 3 is 2.68 bits per heavy atom. The molecular weight excluding hydrogens is 392 g/mol. The van der Waals surface area contributed by atoms with Crippen molar-refractivity contribution in [3.8, 4) is 0 Å². The number of amides is 2. The fourth-order valence-corrected chi connectivity index (χ4v) is 3.39. The third kappa shape index (κ3) is 4.52. The highest BCUT2D eigenvalue weighted by molar-refractivity contribution is 5.99. The quantitative estimate of drug-likeness (QED) is 0.544. The summed E-state index contributed by atoms with van der Waals surface area (Å²) in [5, 5.41) is 13.6. The number of fused-ring (bicyclic) bond motifs is 1. The molecule has 1 aliphatic carbocycles. The van der Waals surface area contributed by atoms with Crippen molar-refractivity contribution in [2.45, 2.75) is 46.6 Å². The maximum Gasteiger partial charge on any atom is 0.253 e. The second kappa shape index (κ2) is 8.37. The molecule has 0 aliphatic heterocycles. The molecule has 4 rings (SSSR count). The number of nitrogens with one attached hydrogen (secondary N) is 3. The van der Waals surface area contributed by atoms with Crippen LogP contribution in [0.25, 0.3) is 5.52 Å². The van der Waals surface area contributed by atoms with Gasteiger partial charge in [-0.3, -0.25) is 9.59 Å². The van der Waals surface area contributed by atoms with Crippen molar-refractivity contribution in [1.82, 2.24) is 25.2 Å². The first-order valence-electron chi connectivity index (χ1n) is 10.6. The van der Waals surface area contributed by atoms with E-state index in [-0.39, 0.29) is 11.8 Å². The zero-order valence-electron chi connectivity index (χ0n) is 18.3. The van der Waals surface area contributed by atoms with Crippen LogP contribution in [0.2, 0.25) is 0 Å². The van der Waals surface area contributed by atoms with Gasteiger partial charge in [-0.25, -0.2) is 9.50 Å². The van der Waals surface area contributed by atoms with Gasteiger partial charge in [-0.2, -0.15) is 5.10 Å². The average Bonchev–Trinajstić information content (AvgIpc) is 3.48. The van der Waals surface area contributed by atoms with Crippen LogP contribution in [0.1, 0.15) is 58.5 Å². The van der Waals surface area contributed by atoms with Gasteiger partial charge in [-0.05, 0) is 55.9 Å². The van der Waals surface area contributed by atoms with Crippen LogP contribution in [0.4, 0.5) is 11.5 Å². The van der Waals surface area contributed by atoms with Crippen molar-refractivity contribution in [2.24, 2.45) is 5.92 Å². The third-order valence-electron chi connectivity index (χ3n) is 5.41. The van der Waals surface area contributed by atoms with Crippen LogP contribution in [0, 0.1) is 19.8 Å². The Morgan fingerprint density at radius 1 is 1.19 bits per heavy atom. The minimum absolute atomic E-state index is 0.0682. The standard InChI is InChI=1S/C23H28N6O2/c1-13(2)10-24-23(31)18-11-29-20(15(18)4)21(25-12-26-29)28-19-9-16(6-5-14(19)3)22(30)27-17-7-8-17/h5-6,9,11-13,17H,7-8,10H2,1-4H3,(H,24,31)(H,27,30)(H,25,26,28). The summed E-state index contributed by atoms with van der Waals surface area (Å²) in [4.78, 5) is 29.5. The Bertz CT molecular complexity index is 1150. The number of rotatable bonds is 7. The summed E-state index contributed by atoms with van der Waals surface area (Å²) < 4.78 is 1.66. The molecule has 2 heterocycles. The Morgan fingerprint density at radius 2 is 1.97 bits per heavy atom. The summed E-state index contributed by atoms with van der Waals surface area (Å²) in [5.74, 6) is 0.753. The smallest absolute Gasteiger partial charge is 0.253 e. The van der Waals surface area contributed by atoms with Crippen molar-refractivity contribution in [2.75, 3.05) is 11.9 Å². The van der Waals surface area contributed by atoms with Crippen LogP contribution in [-0.4, -0.2) is 39.0 Å². The van der Waals surface area contributed by atoms with E-state index >= 15 is 0 Å². The Kier molecular flexibility index (Phi) is 5.63. The Balaban J connectivity index is 1.64. The topological polar surface area (TPSA) is 100 Å². The lowest BCUT2D eigenvalue weighted by Gasteiger charge is -2.12. The number of nitrogens with zero attached hydrogens (tertiary/aromatic N) is 3. The van der Waals surface area contributed by atoms with Crippen molar-refractivity contribution in [1.29, 1.82) is 0 Å². The van der Waals surface area contributed by atoms with E-state index in [1.54, 1.807) is 10.7 Å². The molecule has 31 heavy (non-hydrogen) atoms. The molecule has 2 amide bonds. The second-order valence-corrected chi connectivity index (χ2v) is 8.58. The van der Waals surface area contributed by atoms with Crippen LogP contribution in [-0.2, 0) is 0 Å². The van der Waals surface area contributed by atoms with E-state index < -0.39 is 0 Å². The number of hydrogen-bond donors (Lipinski definition) is 3. The number of aryl methyl sites for hydroxylation is 2. The summed E-state index contributed by atoms with van der Waals surface area (Å²) in [6.45, 7) is 8.58. The van der Waals surface area contributed by atoms with Gasteiger partial charge in [0.25, 0.3) is 11.8 Å². The minimum atomic E-state index is -0.127. The zero-order valence-corrected chi connectivity index (χ0v) is 18.3. The summed E-state index contributed by atoms with van der Waals surface area (Å²) in [6, 6.07) is 5.88. The number of anilines is 2. The molecule has 3 aromatic rings. The van der Waals surface area contributed by atoms with E-state index in [2.05, 4.69) is 39.9 Å². The molecule has 0 bridgehead atoms. The lowest BCUT2D eigenvalue weighted by Crippen LogP contribution is -2.27. The first-order valence-corrected chi connectivity index (χ1v) is 10.6. The molecule has 3 N–H and O–H groups in total. The van der Waals surface area contributed by atoms with Crippen molar-refractivity contribution >= 4 is 28.8 Å². The van der Waals surface area contributed by atoms with Gasteiger partial charge in [-0.1, -0.05) is 19.9 Å². The molecule has 0 spiro atoms. The van der Waals surface area contributed by atoms with Gasteiger partial charge in [0.1, 0.15) is 11.8 Å². The van der Waals surface area contributed by atoms with Crippen molar-refractivity contribution < 1.29 is 9.59 Å². The van der Waals surface area contributed by atoms with E-state index in [4.69, 9.17) is 0 Å². The van der Waals surface area contributed by atoms with Gasteiger partial charge < -0.3 is 16.0 Å². The van der Waals surface area contributed by atoms with E-state index in [1.165, 1.54) is 6.33 Å². The number of carbonyl (C=O) groups excluding carboxylic acids is 2. The highest BCUT2D eigenvalue weighted by atomic mass is 16.2. The van der Waals surface area contributed by atoms with Crippen molar-refractivity contribution in [3.63, 3.8) is 0 Å². The molecular formula is C23H28N6O2. The summed E-state index contributed by atoms with van der Waals surface area (Å²) in [5.41, 5.74) is 4.47. The van der Waals surface area contributed by atoms with Gasteiger partial charge in [0.15, 0.2) is 5.82 Å². The van der Waals surface area contributed by atoms with E-state index in [9.17, 15) is 9.59 Å². The zero-order chi connectivity index (χ0) is 22.1.